The smallest absolute Gasteiger partial charge is 0.326 e. The molecule has 1 aromatic rings. The number of likely N-dealkylation sites (tertiary alicyclic amines) is 1. The molecule has 1 aromatic carbocycles. The van der Waals surface area contributed by atoms with Crippen molar-refractivity contribution in [3.63, 3.8) is 0 Å². The number of hydrogen-bond donors (Lipinski definition) is 1. The number of aliphatic carboxylic acids is 1. The van der Waals surface area contributed by atoms with Crippen LogP contribution in [0.2, 0.25) is 0 Å². The molecular weight excluding hydrogens is 300 g/mol. The molecule has 7 heteroatoms. The zero-order chi connectivity index (χ0) is 17.4. The average Bonchev–Trinajstić information content (AvgIpc) is 2.94. The van der Waals surface area contributed by atoms with E-state index in [0.717, 1.165) is 0 Å². The number of carbonyl (C=O) groups excluding carboxylic acids is 1. The van der Waals surface area contributed by atoms with Gasteiger partial charge in [-0.05, 0) is 24.3 Å². The van der Waals surface area contributed by atoms with Crippen LogP contribution in [0, 0.1) is 10.1 Å². The van der Waals surface area contributed by atoms with Gasteiger partial charge in [-0.3, -0.25) is 14.9 Å². The van der Waals surface area contributed by atoms with Crippen LogP contribution in [0.15, 0.2) is 18.2 Å². The van der Waals surface area contributed by atoms with Gasteiger partial charge in [-0.2, -0.15) is 0 Å². The van der Waals surface area contributed by atoms with Crippen LogP contribution < -0.4 is 0 Å². The number of nitro groups is 1. The number of rotatable bonds is 3. The normalized spacial score (nSPS) is 18.0. The first kappa shape index (κ1) is 16.9. The monoisotopic (exact) mass is 320 g/mol. The Hall–Kier alpha value is -2.44. The molecule has 1 unspecified atom stereocenters. The molecule has 0 saturated carbocycles. The van der Waals surface area contributed by atoms with E-state index < -0.39 is 28.3 Å². The highest BCUT2D eigenvalue weighted by Crippen LogP contribution is 2.32. The lowest BCUT2D eigenvalue weighted by Gasteiger charge is -2.23. The average molecular weight is 320 g/mol. The van der Waals surface area contributed by atoms with Crippen molar-refractivity contribution in [1.29, 1.82) is 0 Å². The van der Waals surface area contributed by atoms with Gasteiger partial charge in [-0.1, -0.05) is 26.8 Å². The van der Waals surface area contributed by atoms with Crippen molar-refractivity contribution in [2.24, 2.45) is 0 Å². The summed E-state index contributed by atoms with van der Waals surface area (Å²) in [5.74, 6) is -1.52. The number of carboxylic acid groups (broad SMARTS) is 1. The Morgan fingerprint density at radius 1 is 1.35 bits per heavy atom. The minimum Gasteiger partial charge on any atom is -0.480 e. The first-order valence-electron chi connectivity index (χ1n) is 7.45. The largest absolute Gasteiger partial charge is 0.480 e. The highest BCUT2D eigenvalue weighted by atomic mass is 16.6. The van der Waals surface area contributed by atoms with Gasteiger partial charge in [0.25, 0.3) is 11.6 Å². The number of carbonyl (C=O) groups is 2. The Morgan fingerprint density at radius 2 is 2.00 bits per heavy atom. The summed E-state index contributed by atoms with van der Waals surface area (Å²) < 4.78 is 0. The van der Waals surface area contributed by atoms with E-state index in [2.05, 4.69) is 0 Å². The van der Waals surface area contributed by atoms with Gasteiger partial charge in [-0.25, -0.2) is 4.79 Å². The van der Waals surface area contributed by atoms with Crippen molar-refractivity contribution in [3.05, 3.63) is 39.4 Å². The summed E-state index contributed by atoms with van der Waals surface area (Å²) in [5, 5.41) is 20.5. The third kappa shape index (κ3) is 3.33. The Balaban J connectivity index is 2.41. The van der Waals surface area contributed by atoms with Gasteiger partial charge in [0, 0.05) is 23.7 Å². The van der Waals surface area contributed by atoms with Crippen LogP contribution in [0.5, 0.6) is 0 Å². The lowest BCUT2D eigenvalue weighted by Crippen LogP contribution is -2.40. The van der Waals surface area contributed by atoms with Crippen LogP contribution in [0.4, 0.5) is 5.69 Å². The van der Waals surface area contributed by atoms with E-state index in [4.69, 9.17) is 0 Å². The van der Waals surface area contributed by atoms with Crippen LogP contribution in [0.25, 0.3) is 0 Å². The van der Waals surface area contributed by atoms with E-state index in [1.54, 1.807) is 6.07 Å². The van der Waals surface area contributed by atoms with Crippen LogP contribution in [0.1, 0.15) is 49.5 Å². The highest BCUT2D eigenvalue weighted by Gasteiger charge is 2.35. The maximum Gasteiger partial charge on any atom is 0.326 e. The number of carboxylic acids is 1. The molecular formula is C16H20N2O5. The summed E-state index contributed by atoms with van der Waals surface area (Å²) in [5.41, 5.74) is 0.142. The van der Waals surface area contributed by atoms with E-state index in [-0.39, 0.29) is 11.3 Å². The van der Waals surface area contributed by atoms with E-state index in [1.165, 1.54) is 17.0 Å². The number of hydrogen-bond acceptors (Lipinski definition) is 4. The zero-order valence-corrected chi connectivity index (χ0v) is 13.4. The second-order valence-corrected chi connectivity index (χ2v) is 6.73. The van der Waals surface area contributed by atoms with Gasteiger partial charge in [-0.15, -0.1) is 0 Å². The third-order valence-electron chi connectivity index (χ3n) is 4.05. The molecule has 23 heavy (non-hydrogen) atoms. The molecule has 1 heterocycles. The van der Waals surface area contributed by atoms with Gasteiger partial charge >= 0.3 is 5.97 Å². The van der Waals surface area contributed by atoms with Crippen LogP contribution in [-0.2, 0) is 10.2 Å². The van der Waals surface area contributed by atoms with Crippen molar-refractivity contribution in [2.75, 3.05) is 6.54 Å². The zero-order valence-electron chi connectivity index (χ0n) is 13.4. The van der Waals surface area contributed by atoms with Crippen molar-refractivity contribution in [3.8, 4) is 0 Å². The summed E-state index contributed by atoms with van der Waals surface area (Å²) in [6.45, 7) is 5.93. The maximum atomic E-state index is 12.5. The topological polar surface area (TPSA) is 101 Å². The Kier molecular flexibility index (Phi) is 4.40. The van der Waals surface area contributed by atoms with Crippen LogP contribution in [-0.4, -0.2) is 39.4 Å². The quantitative estimate of drug-likeness (QED) is 0.681. The van der Waals surface area contributed by atoms with Crippen molar-refractivity contribution in [2.45, 2.75) is 45.1 Å². The maximum absolute atomic E-state index is 12.5. The first-order valence-corrected chi connectivity index (χ1v) is 7.45. The van der Waals surface area contributed by atoms with Crippen molar-refractivity contribution in [1.82, 2.24) is 4.90 Å². The highest BCUT2D eigenvalue weighted by molar-refractivity contribution is 5.97. The van der Waals surface area contributed by atoms with Gasteiger partial charge in [0.2, 0.25) is 0 Å². The Morgan fingerprint density at radius 3 is 2.52 bits per heavy atom. The molecule has 1 amide bonds. The number of benzene rings is 1. The predicted molar refractivity (Wildman–Crippen MR) is 83.5 cm³/mol. The number of nitro benzene ring substituents is 1. The summed E-state index contributed by atoms with van der Waals surface area (Å²) in [7, 11) is 0. The Labute approximate surface area is 134 Å². The lowest BCUT2D eigenvalue weighted by atomic mass is 9.85. The first-order chi connectivity index (χ1) is 10.6. The molecule has 0 aromatic heterocycles. The van der Waals surface area contributed by atoms with E-state index >= 15 is 0 Å². The molecule has 2 rings (SSSR count). The molecule has 7 nitrogen and oxygen atoms in total. The molecule has 0 bridgehead atoms. The summed E-state index contributed by atoms with van der Waals surface area (Å²) in [6.07, 6.45) is 1.02. The van der Waals surface area contributed by atoms with Crippen molar-refractivity contribution >= 4 is 17.6 Å². The minimum absolute atomic E-state index is 0.116. The molecule has 0 radical (unpaired) electrons. The summed E-state index contributed by atoms with van der Waals surface area (Å²) >= 11 is 0. The van der Waals surface area contributed by atoms with E-state index in [1.807, 2.05) is 20.8 Å². The minimum atomic E-state index is -1.04. The third-order valence-corrected chi connectivity index (χ3v) is 4.05. The van der Waals surface area contributed by atoms with Crippen molar-refractivity contribution < 1.29 is 19.6 Å². The fraction of sp³-hybridized carbons (Fsp3) is 0.500. The fourth-order valence-electron chi connectivity index (χ4n) is 2.88. The van der Waals surface area contributed by atoms with Gasteiger partial charge in [0.1, 0.15) is 6.04 Å². The van der Waals surface area contributed by atoms with E-state index in [0.29, 0.717) is 24.9 Å². The summed E-state index contributed by atoms with van der Waals surface area (Å²) in [4.78, 5) is 35.8. The number of amides is 1. The molecule has 1 atom stereocenters. The fourth-order valence-corrected chi connectivity index (χ4v) is 2.88. The van der Waals surface area contributed by atoms with Gasteiger partial charge < -0.3 is 10.0 Å². The molecule has 1 saturated heterocycles. The molecule has 0 aliphatic carbocycles. The standard InChI is InChI=1S/C16H20N2O5/c1-16(2,3)11-7-6-10(9-13(11)18(22)23)14(19)17-8-4-5-12(17)15(20)21/h6-7,9,12H,4-5,8H2,1-3H3,(H,20,21). The van der Waals surface area contributed by atoms with Gasteiger partial charge in [0.05, 0.1) is 4.92 Å². The molecule has 1 aliphatic heterocycles. The van der Waals surface area contributed by atoms with Gasteiger partial charge in [0.15, 0.2) is 0 Å². The Bertz CT molecular complexity index is 663. The van der Waals surface area contributed by atoms with E-state index in [9.17, 15) is 24.8 Å². The lowest BCUT2D eigenvalue weighted by molar-refractivity contribution is -0.386. The molecule has 124 valence electrons. The molecule has 1 N–H and O–H groups in total. The summed E-state index contributed by atoms with van der Waals surface area (Å²) in [6, 6.07) is 3.51. The predicted octanol–water partition coefficient (Wildman–Crippen LogP) is 2.58. The molecule has 1 fully saturated rings. The second-order valence-electron chi connectivity index (χ2n) is 6.73. The number of nitrogens with zero attached hydrogens (tertiary/aromatic N) is 2. The SMILES string of the molecule is CC(C)(C)c1ccc(C(=O)N2CCCC2C(=O)O)cc1[N+](=O)[O-]. The second kappa shape index (κ2) is 5.98. The van der Waals surface area contributed by atoms with Crippen LogP contribution >= 0.6 is 0 Å². The van der Waals surface area contributed by atoms with Crippen LogP contribution in [0.3, 0.4) is 0 Å². The molecule has 1 aliphatic rings. The molecule has 0 spiro atoms.